The zero-order chi connectivity index (χ0) is 12.0. The van der Waals surface area contributed by atoms with Crippen molar-refractivity contribution in [1.29, 1.82) is 0 Å². The van der Waals surface area contributed by atoms with Crippen LogP contribution in [0.25, 0.3) is 16.2 Å². The minimum absolute atomic E-state index is 0.682. The maximum atomic E-state index is 6.19. The second kappa shape index (κ2) is 4.08. The molecule has 2 aromatic heterocycles. The summed E-state index contributed by atoms with van der Waals surface area (Å²) < 4.78 is 2.74. The van der Waals surface area contributed by atoms with Crippen LogP contribution in [0.5, 0.6) is 0 Å². The van der Waals surface area contributed by atoms with E-state index >= 15 is 0 Å². The van der Waals surface area contributed by atoms with Crippen molar-refractivity contribution in [3.05, 3.63) is 38.9 Å². The molecule has 0 unspecified atom stereocenters. The van der Waals surface area contributed by atoms with Gasteiger partial charge in [-0.1, -0.05) is 44.9 Å². The van der Waals surface area contributed by atoms with E-state index < -0.39 is 0 Å². The van der Waals surface area contributed by atoms with Gasteiger partial charge in [-0.3, -0.25) is 0 Å². The van der Waals surface area contributed by atoms with E-state index in [-0.39, 0.29) is 0 Å². The Hall–Kier alpha value is -0.910. The Bertz CT molecular complexity index is 672. The zero-order valence-electron chi connectivity index (χ0n) is 8.82. The Kier molecular flexibility index (Phi) is 2.69. The van der Waals surface area contributed by atoms with Crippen LogP contribution < -0.4 is 0 Å². The molecule has 0 amide bonds. The van der Waals surface area contributed by atoms with Crippen molar-refractivity contribution in [2.45, 2.75) is 6.92 Å². The van der Waals surface area contributed by atoms with Crippen molar-refractivity contribution in [3.63, 3.8) is 0 Å². The fourth-order valence-corrected chi connectivity index (χ4v) is 3.12. The van der Waals surface area contributed by atoms with Crippen LogP contribution in [0.15, 0.2) is 28.9 Å². The SMILES string of the molecule is Cc1nn2cc(-c3ccc(Br)cc3Cl)nc2s1. The van der Waals surface area contributed by atoms with E-state index in [0.717, 1.165) is 25.7 Å². The molecule has 3 nitrogen and oxygen atoms in total. The highest BCUT2D eigenvalue weighted by atomic mass is 79.9. The van der Waals surface area contributed by atoms with Crippen molar-refractivity contribution in [2.75, 3.05) is 0 Å². The Morgan fingerprint density at radius 2 is 2.24 bits per heavy atom. The lowest BCUT2D eigenvalue weighted by molar-refractivity contribution is 0.946. The van der Waals surface area contributed by atoms with Crippen LogP contribution in [-0.2, 0) is 0 Å². The summed E-state index contributed by atoms with van der Waals surface area (Å²) in [6.07, 6.45) is 1.90. The van der Waals surface area contributed by atoms with Gasteiger partial charge in [0.1, 0.15) is 5.01 Å². The van der Waals surface area contributed by atoms with E-state index in [1.807, 2.05) is 31.3 Å². The van der Waals surface area contributed by atoms with Crippen molar-refractivity contribution >= 4 is 43.8 Å². The van der Waals surface area contributed by atoms with Gasteiger partial charge in [-0.15, -0.1) is 0 Å². The molecule has 0 atom stereocenters. The number of halogens is 2. The van der Waals surface area contributed by atoms with Gasteiger partial charge in [0.05, 0.1) is 16.9 Å². The quantitative estimate of drug-likeness (QED) is 0.671. The van der Waals surface area contributed by atoms with Gasteiger partial charge in [0.15, 0.2) is 0 Å². The molecule has 0 saturated heterocycles. The summed E-state index contributed by atoms with van der Waals surface area (Å²) in [5.74, 6) is 0. The zero-order valence-corrected chi connectivity index (χ0v) is 12.0. The lowest BCUT2D eigenvalue weighted by Gasteiger charge is -2.00. The largest absolute Gasteiger partial charge is 0.217 e. The van der Waals surface area contributed by atoms with E-state index in [4.69, 9.17) is 11.6 Å². The Balaban J connectivity index is 2.16. The average molecular weight is 329 g/mol. The minimum atomic E-state index is 0.682. The van der Waals surface area contributed by atoms with Crippen molar-refractivity contribution in [3.8, 4) is 11.3 Å². The van der Waals surface area contributed by atoms with Gasteiger partial charge in [0.2, 0.25) is 4.96 Å². The van der Waals surface area contributed by atoms with Gasteiger partial charge < -0.3 is 0 Å². The molecule has 86 valence electrons. The molecule has 6 heteroatoms. The highest BCUT2D eigenvalue weighted by molar-refractivity contribution is 9.10. The molecule has 0 spiro atoms. The topological polar surface area (TPSA) is 30.2 Å². The molecule has 0 aliphatic heterocycles. The predicted octanol–water partition coefficient (Wildman–Crippen LogP) is 4.18. The number of fused-ring (bicyclic) bond motifs is 1. The fraction of sp³-hybridized carbons (Fsp3) is 0.0909. The average Bonchev–Trinajstić information content (AvgIpc) is 2.74. The molecule has 2 heterocycles. The molecule has 0 aliphatic carbocycles. The number of rotatable bonds is 1. The first-order valence-electron chi connectivity index (χ1n) is 4.92. The highest BCUT2D eigenvalue weighted by Gasteiger charge is 2.10. The summed E-state index contributed by atoms with van der Waals surface area (Å²) in [7, 11) is 0. The third kappa shape index (κ3) is 1.99. The number of aromatic nitrogens is 3. The van der Waals surface area contributed by atoms with Gasteiger partial charge in [-0.25, -0.2) is 9.50 Å². The summed E-state index contributed by atoms with van der Waals surface area (Å²) in [5.41, 5.74) is 1.77. The summed E-state index contributed by atoms with van der Waals surface area (Å²) in [6, 6.07) is 5.77. The normalized spacial score (nSPS) is 11.2. The lowest BCUT2D eigenvalue weighted by Crippen LogP contribution is -1.81. The van der Waals surface area contributed by atoms with E-state index in [0.29, 0.717) is 5.02 Å². The molecular weight excluding hydrogens is 322 g/mol. The molecule has 0 saturated carbocycles. The van der Waals surface area contributed by atoms with Crippen LogP contribution in [0.1, 0.15) is 5.01 Å². The monoisotopic (exact) mass is 327 g/mol. The second-order valence-electron chi connectivity index (χ2n) is 3.60. The highest BCUT2D eigenvalue weighted by Crippen LogP contribution is 2.30. The molecule has 0 N–H and O–H groups in total. The van der Waals surface area contributed by atoms with Crippen LogP contribution in [0.3, 0.4) is 0 Å². The molecule has 0 fully saturated rings. The van der Waals surface area contributed by atoms with Crippen molar-refractivity contribution in [1.82, 2.24) is 14.6 Å². The maximum absolute atomic E-state index is 6.19. The number of nitrogens with zero attached hydrogens (tertiary/aromatic N) is 3. The minimum Gasteiger partial charge on any atom is -0.217 e. The molecular formula is C11H7BrClN3S. The number of hydrogen-bond acceptors (Lipinski definition) is 3. The summed E-state index contributed by atoms with van der Waals surface area (Å²) in [4.78, 5) is 5.40. The van der Waals surface area contributed by atoms with Crippen LogP contribution >= 0.6 is 38.9 Å². The Morgan fingerprint density at radius 3 is 2.94 bits per heavy atom. The van der Waals surface area contributed by atoms with Gasteiger partial charge >= 0.3 is 0 Å². The fourth-order valence-electron chi connectivity index (χ4n) is 1.63. The Labute approximate surface area is 115 Å². The van der Waals surface area contributed by atoms with Crippen molar-refractivity contribution in [2.24, 2.45) is 0 Å². The summed E-state index contributed by atoms with van der Waals surface area (Å²) >= 11 is 11.1. The predicted molar refractivity (Wildman–Crippen MR) is 73.7 cm³/mol. The smallest absolute Gasteiger partial charge is 0.212 e. The molecule has 0 bridgehead atoms. The van der Waals surface area contributed by atoms with Gasteiger partial charge in [-0.05, 0) is 19.1 Å². The van der Waals surface area contributed by atoms with E-state index in [1.165, 1.54) is 0 Å². The van der Waals surface area contributed by atoms with Crippen LogP contribution in [0.2, 0.25) is 5.02 Å². The van der Waals surface area contributed by atoms with E-state index in [9.17, 15) is 0 Å². The summed E-state index contributed by atoms with van der Waals surface area (Å²) in [6.45, 7) is 1.96. The van der Waals surface area contributed by atoms with Crippen LogP contribution in [0.4, 0.5) is 0 Å². The first kappa shape index (κ1) is 11.2. The molecule has 1 aromatic carbocycles. The number of aryl methyl sites for hydroxylation is 1. The van der Waals surface area contributed by atoms with Gasteiger partial charge in [0, 0.05) is 10.0 Å². The first-order valence-corrected chi connectivity index (χ1v) is 6.90. The number of benzene rings is 1. The molecule has 0 radical (unpaired) electrons. The summed E-state index contributed by atoms with van der Waals surface area (Å²) in [5, 5.41) is 6.01. The first-order chi connectivity index (χ1) is 8.13. The van der Waals surface area contributed by atoms with Gasteiger partial charge in [-0.2, -0.15) is 5.10 Å². The standard InChI is InChI=1S/C11H7BrClN3S/c1-6-15-16-5-10(14-11(16)17-6)8-3-2-7(12)4-9(8)13/h2-5H,1H3. The Morgan fingerprint density at radius 1 is 1.41 bits per heavy atom. The third-order valence-electron chi connectivity index (χ3n) is 2.35. The molecule has 3 rings (SSSR count). The van der Waals surface area contributed by atoms with Gasteiger partial charge in [0.25, 0.3) is 0 Å². The number of imidazole rings is 1. The molecule has 17 heavy (non-hydrogen) atoms. The number of hydrogen-bond donors (Lipinski definition) is 0. The lowest BCUT2D eigenvalue weighted by atomic mass is 10.2. The molecule has 0 aliphatic rings. The molecule has 3 aromatic rings. The third-order valence-corrected chi connectivity index (χ3v) is 4.00. The van der Waals surface area contributed by atoms with Crippen LogP contribution in [0, 0.1) is 6.92 Å². The van der Waals surface area contributed by atoms with Crippen molar-refractivity contribution < 1.29 is 0 Å². The maximum Gasteiger partial charge on any atom is 0.212 e. The van der Waals surface area contributed by atoms with E-state index in [2.05, 4.69) is 26.0 Å². The van der Waals surface area contributed by atoms with Crippen LogP contribution in [-0.4, -0.2) is 14.6 Å². The second-order valence-corrected chi connectivity index (χ2v) is 6.08. The van der Waals surface area contributed by atoms with E-state index in [1.54, 1.807) is 15.9 Å².